The number of ether oxygens (including phenoxy) is 1. The molecule has 1 aromatic carbocycles. The molecule has 7 heteroatoms. The quantitative estimate of drug-likeness (QED) is 0.634. The lowest BCUT2D eigenvalue weighted by Gasteiger charge is -2.19. The van der Waals surface area contributed by atoms with Crippen LogP contribution in [0.15, 0.2) is 53.2 Å². The Balaban J connectivity index is 1.64. The van der Waals surface area contributed by atoms with E-state index in [2.05, 4.69) is 10.1 Å². The Morgan fingerprint density at radius 1 is 1.26 bits per heavy atom. The van der Waals surface area contributed by atoms with Crippen LogP contribution in [0.5, 0.6) is 5.75 Å². The van der Waals surface area contributed by atoms with Crippen molar-refractivity contribution in [2.75, 3.05) is 6.54 Å². The minimum absolute atomic E-state index is 0.129. The smallest absolute Gasteiger partial charge is 0.276 e. The van der Waals surface area contributed by atoms with Gasteiger partial charge in [-0.3, -0.25) is 9.78 Å². The Morgan fingerprint density at radius 2 is 2.07 bits per heavy atom. The number of amides is 1. The summed E-state index contributed by atoms with van der Waals surface area (Å²) in [7, 11) is 0. The number of rotatable bonds is 7. The number of carbonyl (C=O) groups excluding carboxylic acids is 1. The van der Waals surface area contributed by atoms with Crippen molar-refractivity contribution < 1.29 is 18.4 Å². The van der Waals surface area contributed by atoms with E-state index in [-0.39, 0.29) is 30.6 Å². The molecule has 6 nitrogen and oxygen atoms in total. The van der Waals surface area contributed by atoms with Crippen LogP contribution in [-0.4, -0.2) is 27.5 Å². The summed E-state index contributed by atoms with van der Waals surface area (Å²) in [5.74, 6) is 0.345. The van der Waals surface area contributed by atoms with E-state index in [0.717, 1.165) is 5.69 Å². The van der Waals surface area contributed by atoms with Gasteiger partial charge in [0.2, 0.25) is 0 Å². The van der Waals surface area contributed by atoms with Crippen LogP contribution in [0.4, 0.5) is 4.39 Å². The molecule has 0 aliphatic carbocycles. The molecule has 0 aliphatic rings. The van der Waals surface area contributed by atoms with Crippen LogP contribution in [0, 0.1) is 12.7 Å². The number of hydrogen-bond acceptors (Lipinski definition) is 5. The van der Waals surface area contributed by atoms with Crippen molar-refractivity contribution in [1.82, 2.24) is 15.0 Å². The predicted molar refractivity (Wildman–Crippen MR) is 96.6 cm³/mol. The highest BCUT2D eigenvalue weighted by Gasteiger charge is 2.20. The molecule has 0 N–H and O–H groups in total. The molecule has 0 spiro atoms. The third-order valence-corrected chi connectivity index (χ3v) is 4.03. The zero-order valence-corrected chi connectivity index (χ0v) is 15.2. The lowest BCUT2D eigenvalue weighted by atomic mass is 10.2. The molecule has 0 bridgehead atoms. The molecule has 2 aromatic heterocycles. The van der Waals surface area contributed by atoms with E-state index < -0.39 is 0 Å². The standard InChI is InChI=1S/C20H20FN3O3/c1-3-24(12-15-6-4-5-7-18(15)21)20(25)19-10-17(27-23-19)13-26-16-9-8-14(2)22-11-16/h4-11H,3,12-13H2,1-2H3. The molecule has 0 aliphatic heterocycles. The van der Waals surface area contributed by atoms with Gasteiger partial charge in [0.1, 0.15) is 18.2 Å². The summed E-state index contributed by atoms with van der Waals surface area (Å²) in [5, 5.41) is 3.82. The first-order valence-corrected chi connectivity index (χ1v) is 8.60. The highest BCUT2D eigenvalue weighted by atomic mass is 19.1. The summed E-state index contributed by atoms with van der Waals surface area (Å²) < 4.78 is 24.6. The van der Waals surface area contributed by atoms with E-state index >= 15 is 0 Å². The molecule has 3 rings (SSSR count). The van der Waals surface area contributed by atoms with Crippen LogP contribution >= 0.6 is 0 Å². The maximum Gasteiger partial charge on any atom is 0.276 e. The average molecular weight is 369 g/mol. The van der Waals surface area contributed by atoms with Crippen molar-refractivity contribution in [3.8, 4) is 5.75 Å². The predicted octanol–water partition coefficient (Wildman–Crippen LogP) is 3.76. The fraction of sp³-hybridized carbons (Fsp3) is 0.250. The maximum absolute atomic E-state index is 13.8. The summed E-state index contributed by atoms with van der Waals surface area (Å²) in [5.41, 5.74) is 1.50. The SMILES string of the molecule is CCN(Cc1ccccc1F)C(=O)c1cc(COc2ccc(C)nc2)on1. The van der Waals surface area contributed by atoms with Crippen molar-refractivity contribution in [3.63, 3.8) is 0 Å². The molecule has 0 radical (unpaired) electrons. The number of halogens is 1. The monoisotopic (exact) mass is 369 g/mol. The molecule has 140 valence electrons. The number of carbonyl (C=O) groups is 1. The average Bonchev–Trinajstić information content (AvgIpc) is 3.15. The largest absolute Gasteiger partial charge is 0.484 e. The topological polar surface area (TPSA) is 68.5 Å². The lowest BCUT2D eigenvalue weighted by molar-refractivity contribution is 0.0740. The van der Waals surface area contributed by atoms with Crippen LogP contribution in [0.2, 0.25) is 0 Å². The van der Waals surface area contributed by atoms with E-state index in [1.807, 2.05) is 19.9 Å². The van der Waals surface area contributed by atoms with Gasteiger partial charge in [0.15, 0.2) is 11.5 Å². The van der Waals surface area contributed by atoms with Crippen LogP contribution in [-0.2, 0) is 13.2 Å². The summed E-state index contributed by atoms with van der Waals surface area (Å²) in [4.78, 5) is 18.3. The number of benzene rings is 1. The van der Waals surface area contributed by atoms with Crippen molar-refractivity contribution in [2.45, 2.75) is 27.0 Å². The molecule has 0 saturated carbocycles. The molecule has 3 aromatic rings. The van der Waals surface area contributed by atoms with Crippen LogP contribution in [0.3, 0.4) is 0 Å². The fourth-order valence-corrected chi connectivity index (χ4v) is 2.50. The minimum Gasteiger partial charge on any atom is -0.484 e. The third kappa shape index (κ3) is 4.69. The highest BCUT2D eigenvalue weighted by molar-refractivity contribution is 5.92. The van der Waals surface area contributed by atoms with E-state index in [1.54, 1.807) is 30.5 Å². The second-order valence-corrected chi connectivity index (χ2v) is 6.01. The van der Waals surface area contributed by atoms with Crippen molar-refractivity contribution in [1.29, 1.82) is 0 Å². The van der Waals surface area contributed by atoms with Gasteiger partial charge in [0.25, 0.3) is 5.91 Å². The van der Waals surface area contributed by atoms with Crippen LogP contribution < -0.4 is 4.74 Å². The Labute approximate surface area is 156 Å². The second-order valence-electron chi connectivity index (χ2n) is 6.01. The fourth-order valence-electron chi connectivity index (χ4n) is 2.50. The molecule has 27 heavy (non-hydrogen) atoms. The Morgan fingerprint density at radius 3 is 2.78 bits per heavy atom. The van der Waals surface area contributed by atoms with Gasteiger partial charge in [-0.1, -0.05) is 23.4 Å². The molecule has 0 atom stereocenters. The number of hydrogen-bond donors (Lipinski definition) is 0. The van der Waals surface area contributed by atoms with Gasteiger partial charge >= 0.3 is 0 Å². The molecule has 0 fully saturated rings. The molecule has 0 saturated heterocycles. The van der Waals surface area contributed by atoms with E-state index in [4.69, 9.17) is 9.26 Å². The molecular weight excluding hydrogens is 349 g/mol. The second kappa shape index (κ2) is 8.44. The van der Waals surface area contributed by atoms with Gasteiger partial charge in [-0.05, 0) is 32.0 Å². The van der Waals surface area contributed by atoms with Gasteiger partial charge in [0, 0.05) is 30.4 Å². The molecular formula is C20H20FN3O3. The van der Waals surface area contributed by atoms with Gasteiger partial charge < -0.3 is 14.2 Å². The van der Waals surface area contributed by atoms with Gasteiger partial charge in [-0.2, -0.15) is 0 Å². The van der Waals surface area contributed by atoms with Crippen molar-refractivity contribution in [3.05, 3.63) is 77.2 Å². The number of nitrogens with zero attached hydrogens (tertiary/aromatic N) is 3. The first kappa shape index (κ1) is 18.6. The van der Waals surface area contributed by atoms with E-state index in [0.29, 0.717) is 23.6 Å². The van der Waals surface area contributed by atoms with Crippen LogP contribution in [0.25, 0.3) is 0 Å². The Kier molecular flexibility index (Phi) is 5.80. The summed E-state index contributed by atoms with van der Waals surface area (Å²) >= 11 is 0. The Hall–Kier alpha value is -3.22. The van der Waals surface area contributed by atoms with E-state index in [9.17, 15) is 9.18 Å². The van der Waals surface area contributed by atoms with Crippen molar-refractivity contribution in [2.24, 2.45) is 0 Å². The van der Waals surface area contributed by atoms with Gasteiger partial charge in [0.05, 0.1) is 6.20 Å². The third-order valence-electron chi connectivity index (χ3n) is 4.03. The highest BCUT2D eigenvalue weighted by Crippen LogP contribution is 2.15. The number of aromatic nitrogens is 2. The Bertz CT molecular complexity index is 909. The summed E-state index contributed by atoms with van der Waals surface area (Å²) in [6.07, 6.45) is 1.62. The van der Waals surface area contributed by atoms with Crippen molar-refractivity contribution >= 4 is 5.91 Å². The zero-order chi connectivity index (χ0) is 19.2. The van der Waals surface area contributed by atoms with E-state index in [1.165, 1.54) is 17.0 Å². The maximum atomic E-state index is 13.8. The van der Waals surface area contributed by atoms with Gasteiger partial charge in [-0.25, -0.2) is 4.39 Å². The zero-order valence-electron chi connectivity index (χ0n) is 15.2. The first-order valence-electron chi connectivity index (χ1n) is 8.60. The number of pyridine rings is 1. The molecule has 0 unspecified atom stereocenters. The first-order chi connectivity index (χ1) is 13.1. The molecule has 1 amide bonds. The molecule has 2 heterocycles. The summed E-state index contributed by atoms with van der Waals surface area (Å²) in [6.45, 7) is 4.42. The van der Waals surface area contributed by atoms with Gasteiger partial charge in [-0.15, -0.1) is 0 Å². The normalized spacial score (nSPS) is 10.6. The summed E-state index contributed by atoms with van der Waals surface area (Å²) in [6, 6.07) is 11.6. The lowest BCUT2D eigenvalue weighted by Crippen LogP contribution is -2.30. The van der Waals surface area contributed by atoms with Crippen LogP contribution in [0.1, 0.15) is 34.4 Å². The minimum atomic E-state index is -0.343. The number of aryl methyl sites for hydroxylation is 1.